The number of nitrogens with zero attached hydrogens (tertiary/aromatic N) is 2. The van der Waals surface area contributed by atoms with Gasteiger partial charge in [-0.15, -0.1) is 0 Å². The van der Waals surface area contributed by atoms with E-state index in [1.807, 2.05) is 12.1 Å². The first kappa shape index (κ1) is 19.9. The van der Waals surface area contributed by atoms with Gasteiger partial charge < -0.3 is 0 Å². The van der Waals surface area contributed by atoms with Crippen LogP contribution in [0.4, 0.5) is 0 Å². The Labute approximate surface area is 160 Å². The van der Waals surface area contributed by atoms with Crippen molar-refractivity contribution < 1.29 is 16.8 Å². The minimum atomic E-state index is -3.69. The summed E-state index contributed by atoms with van der Waals surface area (Å²) in [6.07, 6.45) is 6.61. The third-order valence-electron chi connectivity index (χ3n) is 4.54. The third kappa shape index (κ3) is 4.92. The molecule has 0 radical (unpaired) electrons. The summed E-state index contributed by atoms with van der Waals surface area (Å²) in [7, 11) is -7.26. The molecule has 1 N–H and O–H groups in total. The number of nitrogens with one attached hydrogen (secondary N) is 1. The van der Waals surface area contributed by atoms with Crippen LogP contribution in [0.2, 0.25) is 0 Å². The smallest absolute Gasteiger partial charge is 0.243 e. The van der Waals surface area contributed by atoms with Crippen molar-refractivity contribution in [2.45, 2.75) is 35.5 Å². The highest BCUT2D eigenvalue weighted by atomic mass is 32.2. The lowest BCUT2D eigenvalue weighted by Crippen LogP contribution is -2.35. The molecule has 1 saturated heterocycles. The molecule has 1 aliphatic heterocycles. The minimum absolute atomic E-state index is 0.0508. The van der Waals surface area contributed by atoms with E-state index in [1.165, 1.54) is 28.6 Å². The van der Waals surface area contributed by atoms with Crippen LogP contribution < -0.4 is 4.72 Å². The summed E-state index contributed by atoms with van der Waals surface area (Å²) in [6.45, 7) is 1.28. The van der Waals surface area contributed by atoms with Crippen molar-refractivity contribution in [2.75, 3.05) is 19.6 Å². The fourth-order valence-electron chi connectivity index (χ4n) is 3.01. The SMILES string of the molecule is O=S(=O)(NCCc1ccncc1)c1ccc(S(=O)(=O)N2CCCCC2)cc1. The van der Waals surface area contributed by atoms with Gasteiger partial charge in [0.15, 0.2) is 0 Å². The summed E-state index contributed by atoms with van der Waals surface area (Å²) < 4.78 is 54.1. The number of sulfonamides is 2. The van der Waals surface area contributed by atoms with E-state index in [0.717, 1.165) is 24.8 Å². The van der Waals surface area contributed by atoms with Gasteiger partial charge in [0.2, 0.25) is 20.0 Å². The van der Waals surface area contributed by atoms with Crippen LogP contribution in [0.25, 0.3) is 0 Å². The Bertz CT molecular complexity index is 953. The molecule has 7 nitrogen and oxygen atoms in total. The summed E-state index contributed by atoms with van der Waals surface area (Å²) >= 11 is 0. The second kappa shape index (κ2) is 8.47. The van der Waals surface area contributed by atoms with Gasteiger partial charge in [-0.1, -0.05) is 6.42 Å². The Kier molecular flexibility index (Phi) is 6.25. The number of rotatable bonds is 7. The van der Waals surface area contributed by atoms with Crippen molar-refractivity contribution in [3.8, 4) is 0 Å². The van der Waals surface area contributed by atoms with E-state index in [-0.39, 0.29) is 16.3 Å². The van der Waals surface area contributed by atoms with Gasteiger partial charge in [-0.2, -0.15) is 4.31 Å². The predicted molar refractivity (Wildman–Crippen MR) is 102 cm³/mol. The quantitative estimate of drug-likeness (QED) is 0.752. The fraction of sp³-hybridized carbons (Fsp3) is 0.389. The number of hydrogen-bond donors (Lipinski definition) is 1. The molecule has 1 aliphatic rings. The van der Waals surface area contributed by atoms with Crippen LogP contribution in [-0.2, 0) is 26.5 Å². The molecule has 1 aromatic heterocycles. The first-order chi connectivity index (χ1) is 12.9. The van der Waals surface area contributed by atoms with Gasteiger partial charge in [0, 0.05) is 32.0 Å². The zero-order valence-electron chi connectivity index (χ0n) is 14.9. The molecule has 0 saturated carbocycles. The Morgan fingerprint density at radius 2 is 1.44 bits per heavy atom. The molecule has 1 fully saturated rings. The zero-order valence-corrected chi connectivity index (χ0v) is 16.5. The molecule has 27 heavy (non-hydrogen) atoms. The molecule has 0 amide bonds. The standard InChI is InChI=1S/C18H23N3O4S2/c22-26(23,20-13-10-16-8-11-19-12-9-16)17-4-6-18(7-5-17)27(24,25)21-14-2-1-3-15-21/h4-9,11-12,20H,1-3,10,13-15H2. The van der Waals surface area contributed by atoms with Crippen LogP contribution in [0.15, 0.2) is 58.6 Å². The molecule has 3 rings (SSSR count). The van der Waals surface area contributed by atoms with E-state index in [4.69, 9.17) is 0 Å². The summed E-state index contributed by atoms with van der Waals surface area (Å²) in [4.78, 5) is 4.10. The first-order valence-electron chi connectivity index (χ1n) is 8.88. The number of aromatic nitrogens is 1. The van der Waals surface area contributed by atoms with E-state index in [1.54, 1.807) is 12.4 Å². The molecule has 2 heterocycles. The maximum atomic E-state index is 12.6. The molecular formula is C18H23N3O4S2. The lowest BCUT2D eigenvalue weighted by atomic mass is 10.2. The normalized spacial score (nSPS) is 16.3. The predicted octanol–water partition coefficient (Wildman–Crippen LogP) is 1.78. The van der Waals surface area contributed by atoms with E-state index in [9.17, 15) is 16.8 Å². The monoisotopic (exact) mass is 409 g/mol. The highest BCUT2D eigenvalue weighted by Crippen LogP contribution is 2.21. The molecule has 146 valence electrons. The molecule has 9 heteroatoms. The van der Waals surface area contributed by atoms with Crippen molar-refractivity contribution in [2.24, 2.45) is 0 Å². The summed E-state index contributed by atoms with van der Waals surface area (Å²) in [5, 5.41) is 0. The molecule has 0 atom stereocenters. The van der Waals surface area contributed by atoms with Gasteiger partial charge in [0.25, 0.3) is 0 Å². The van der Waals surface area contributed by atoms with Crippen molar-refractivity contribution in [3.05, 3.63) is 54.4 Å². The molecule has 2 aromatic rings. The maximum absolute atomic E-state index is 12.6. The summed E-state index contributed by atoms with van der Waals surface area (Å²) in [6, 6.07) is 9.06. The van der Waals surface area contributed by atoms with Crippen LogP contribution in [0, 0.1) is 0 Å². The van der Waals surface area contributed by atoms with Crippen molar-refractivity contribution in [3.63, 3.8) is 0 Å². The Morgan fingerprint density at radius 1 is 0.852 bits per heavy atom. The lowest BCUT2D eigenvalue weighted by Gasteiger charge is -2.25. The summed E-state index contributed by atoms with van der Waals surface area (Å²) in [5.41, 5.74) is 0.982. The largest absolute Gasteiger partial charge is 0.265 e. The minimum Gasteiger partial charge on any atom is -0.265 e. The third-order valence-corrected chi connectivity index (χ3v) is 7.93. The first-order valence-corrected chi connectivity index (χ1v) is 11.8. The topological polar surface area (TPSA) is 96.4 Å². The Morgan fingerprint density at radius 3 is 2.07 bits per heavy atom. The molecular weight excluding hydrogens is 386 g/mol. The average molecular weight is 410 g/mol. The van der Waals surface area contributed by atoms with Gasteiger partial charge in [-0.3, -0.25) is 4.98 Å². The summed E-state index contributed by atoms with van der Waals surface area (Å²) in [5.74, 6) is 0. The van der Waals surface area contributed by atoms with E-state index in [0.29, 0.717) is 19.5 Å². The second-order valence-corrected chi connectivity index (χ2v) is 10.1. The molecule has 0 aliphatic carbocycles. The van der Waals surface area contributed by atoms with Gasteiger partial charge in [0.05, 0.1) is 9.79 Å². The zero-order chi connectivity index (χ0) is 19.3. The van der Waals surface area contributed by atoms with Crippen LogP contribution >= 0.6 is 0 Å². The van der Waals surface area contributed by atoms with E-state index < -0.39 is 20.0 Å². The fourth-order valence-corrected chi connectivity index (χ4v) is 5.56. The highest BCUT2D eigenvalue weighted by molar-refractivity contribution is 7.89. The number of piperidine rings is 1. The second-order valence-electron chi connectivity index (χ2n) is 6.44. The van der Waals surface area contributed by atoms with Crippen molar-refractivity contribution >= 4 is 20.0 Å². The van der Waals surface area contributed by atoms with Crippen LogP contribution in [0.5, 0.6) is 0 Å². The van der Waals surface area contributed by atoms with Crippen LogP contribution in [-0.4, -0.2) is 45.8 Å². The number of benzene rings is 1. The molecule has 0 unspecified atom stereocenters. The molecule has 0 bridgehead atoms. The average Bonchev–Trinajstić information content (AvgIpc) is 2.69. The Balaban J connectivity index is 1.66. The lowest BCUT2D eigenvalue weighted by molar-refractivity contribution is 0.346. The van der Waals surface area contributed by atoms with Crippen molar-refractivity contribution in [1.82, 2.24) is 14.0 Å². The van der Waals surface area contributed by atoms with Gasteiger partial charge in [-0.05, 0) is 61.2 Å². The Hall–Kier alpha value is -1.81. The van der Waals surface area contributed by atoms with Crippen LogP contribution in [0.3, 0.4) is 0 Å². The van der Waals surface area contributed by atoms with Crippen LogP contribution in [0.1, 0.15) is 24.8 Å². The maximum Gasteiger partial charge on any atom is 0.243 e. The highest BCUT2D eigenvalue weighted by Gasteiger charge is 2.26. The van der Waals surface area contributed by atoms with Gasteiger partial charge >= 0.3 is 0 Å². The molecule has 0 spiro atoms. The molecule has 1 aromatic carbocycles. The van der Waals surface area contributed by atoms with E-state index in [2.05, 4.69) is 9.71 Å². The number of pyridine rings is 1. The van der Waals surface area contributed by atoms with Gasteiger partial charge in [0.1, 0.15) is 0 Å². The van der Waals surface area contributed by atoms with E-state index >= 15 is 0 Å². The number of hydrogen-bond acceptors (Lipinski definition) is 5. The van der Waals surface area contributed by atoms with Crippen molar-refractivity contribution in [1.29, 1.82) is 0 Å². The van der Waals surface area contributed by atoms with Gasteiger partial charge in [-0.25, -0.2) is 21.6 Å².